The van der Waals surface area contributed by atoms with Crippen molar-refractivity contribution in [1.82, 2.24) is 0 Å². The Morgan fingerprint density at radius 2 is 1.34 bits per heavy atom. The zero-order valence-electron chi connectivity index (χ0n) is 25.2. The van der Waals surface area contributed by atoms with Crippen LogP contribution in [0.3, 0.4) is 0 Å². The van der Waals surface area contributed by atoms with E-state index < -0.39 is 54.6 Å². The molecule has 10 heteroatoms. The molecule has 4 aromatic carbocycles. The molecule has 0 radical (unpaired) electrons. The van der Waals surface area contributed by atoms with Gasteiger partial charge < -0.3 is 32.8 Å². The van der Waals surface area contributed by atoms with Gasteiger partial charge in [0.25, 0.3) is 0 Å². The molecule has 0 bridgehead atoms. The second-order valence-electron chi connectivity index (χ2n) is 11.2. The largest absolute Gasteiger partial charge is 0.461 e. The number of fused-ring (bicyclic) bond motifs is 2. The molecule has 0 N–H and O–H groups in total. The van der Waals surface area contributed by atoms with Gasteiger partial charge in [-0.25, -0.2) is 14.4 Å². The molecule has 2 aliphatic rings. The van der Waals surface area contributed by atoms with E-state index in [1.165, 1.54) is 6.07 Å². The van der Waals surface area contributed by atoms with Crippen molar-refractivity contribution in [2.24, 2.45) is 0 Å². The number of aryl methyl sites for hydroxylation is 1. The lowest BCUT2D eigenvalue weighted by atomic mass is 9.96. The molecule has 0 unspecified atom stereocenters. The summed E-state index contributed by atoms with van der Waals surface area (Å²) in [5.74, 6) is -1.06. The summed E-state index contributed by atoms with van der Waals surface area (Å²) < 4.78 is 42.7. The van der Waals surface area contributed by atoms with Gasteiger partial charge in [0.05, 0.1) is 17.7 Å². The van der Waals surface area contributed by atoms with Gasteiger partial charge in [-0.1, -0.05) is 66.7 Å². The van der Waals surface area contributed by atoms with Crippen molar-refractivity contribution in [2.45, 2.75) is 43.9 Å². The molecule has 238 valence electrons. The average Bonchev–Trinajstić information content (AvgIpc) is 3.10. The average molecular weight is 635 g/mol. The van der Waals surface area contributed by atoms with Gasteiger partial charge in [0.1, 0.15) is 23.5 Å². The van der Waals surface area contributed by atoms with Crippen LogP contribution in [0.25, 0.3) is 11.0 Å². The van der Waals surface area contributed by atoms with Gasteiger partial charge in [-0.3, -0.25) is 0 Å². The predicted octanol–water partition coefficient (Wildman–Crippen LogP) is 5.77. The van der Waals surface area contributed by atoms with E-state index in [1.54, 1.807) is 85.8 Å². The molecule has 2 saturated heterocycles. The van der Waals surface area contributed by atoms with Crippen LogP contribution in [0.1, 0.15) is 38.1 Å². The Kier molecular flexibility index (Phi) is 8.54. The number of benzene rings is 4. The molecule has 47 heavy (non-hydrogen) atoms. The molecule has 2 fully saturated rings. The molecular weight excluding hydrogens is 604 g/mol. The highest BCUT2D eigenvalue weighted by Crippen LogP contribution is 2.38. The standard InChI is InChI=1S/C37H30O10/c1-22-19-30(38)43-28-20-26(17-18-27(22)28)42-37-33(46-35(40)24-13-7-3-8-14-24)32(45-34(39)23-11-5-2-6-12-23)31-29(44-37)21-41-36(47-31)25-15-9-4-10-16-25/h2-20,29,31-33,36-37H,21H2,1H3/t29-,31+,32+,33-,36-,37-/m1/s1. The predicted molar refractivity (Wildman–Crippen MR) is 168 cm³/mol. The van der Waals surface area contributed by atoms with Crippen LogP contribution in [-0.4, -0.2) is 49.3 Å². The molecule has 0 spiro atoms. The summed E-state index contributed by atoms with van der Waals surface area (Å²) >= 11 is 0. The van der Waals surface area contributed by atoms with Gasteiger partial charge in [0, 0.05) is 23.1 Å². The highest BCUT2D eigenvalue weighted by molar-refractivity contribution is 5.90. The summed E-state index contributed by atoms with van der Waals surface area (Å²) in [6.07, 6.45) is -6.25. The second kappa shape index (κ2) is 13.2. The fraction of sp³-hybridized carbons (Fsp3) is 0.216. The lowest BCUT2D eigenvalue weighted by Gasteiger charge is -2.48. The number of hydrogen-bond donors (Lipinski definition) is 0. The number of hydrogen-bond acceptors (Lipinski definition) is 10. The SMILES string of the molecule is Cc1cc(=O)oc2cc(O[C@@H]3O[C@@H]4CO[C@@H](c5ccccc5)O[C@@H]4[C@H](OC(=O)c4ccccc4)[C@H]3OC(=O)c3ccccc3)ccc12. The summed E-state index contributed by atoms with van der Waals surface area (Å²) in [5, 5.41) is 0.726. The third-order valence-corrected chi connectivity index (χ3v) is 8.04. The monoisotopic (exact) mass is 634 g/mol. The van der Waals surface area contributed by atoms with E-state index in [1.807, 2.05) is 30.3 Å². The van der Waals surface area contributed by atoms with Crippen molar-refractivity contribution >= 4 is 22.9 Å². The Balaban J connectivity index is 1.27. The molecule has 0 aliphatic carbocycles. The Labute approximate surface area is 269 Å². The van der Waals surface area contributed by atoms with E-state index in [2.05, 4.69) is 0 Å². The van der Waals surface area contributed by atoms with Crippen LogP contribution >= 0.6 is 0 Å². The maximum atomic E-state index is 13.5. The van der Waals surface area contributed by atoms with E-state index in [4.69, 9.17) is 32.8 Å². The summed E-state index contributed by atoms with van der Waals surface area (Å²) in [7, 11) is 0. The van der Waals surface area contributed by atoms with E-state index in [9.17, 15) is 14.4 Å². The second-order valence-corrected chi connectivity index (χ2v) is 11.2. The van der Waals surface area contributed by atoms with Crippen LogP contribution in [-0.2, 0) is 23.7 Å². The quantitative estimate of drug-likeness (QED) is 0.161. The number of ether oxygens (including phenoxy) is 6. The van der Waals surface area contributed by atoms with Crippen LogP contribution in [0.15, 0.2) is 124 Å². The summed E-state index contributed by atoms with van der Waals surface area (Å²) in [4.78, 5) is 39.2. The molecule has 7 rings (SSSR count). The zero-order chi connectivity index (χ0) is 32.3. The molecule has 0 amide bonds. The summed E-state index contributed by atoms with van der Waals surface area (Å²) in [5.41, 5.74) is 1.87. The van der Waals surface area contributed by atoms with Crippen molar-refractivity contribution < 1.29 is 42.4 Å². The Hall–Kier alpha value is -5.29. The van der Waals surface area contributed by atoms with Crippen molar-refractivity contribution in [3.05, 3.63) is 148 Å². The molecule has 5 aromatic rings. The fourth-order valence-electron chi connectivity index (χ4n) is 5.72. The molecular formula is C37H30O10. The fourth-order valence-corrected chi connectivity index (χ4v) is 5.72. The minimum Gasteiger partial charge on any atom is -0.461 e. The van der Waals surface area contributed by atoms with Gasteiger partial charge in [-0.2, -0.15) is 0 Å². The number of rotatable bonds is 7. The Morgan fingerprint density at radius 1 is 0.723 bits per heavy atom. The first-order valence-corrected chi connectivity index (χ1v) is 15.1. The minimum absolute atomic E-state index is 0.0641. The van der Waals surface area contributed by atoms with Gasteiger partial charge in [-0.05, 0) is 48.9 Å². The third kappa shape index (κ3) is 6.52. The first-order valence-electron chi connectivity index (χ1n) is 15.1. The molecule has 3 heterocycles. The number of esters is 2. The van der Waals surface area contributed by atoms with Crippen molar-refractivity contribution in [1.29, 1.82) is 0 Å². The maximum absolute atomic E-state index is 13.5. The van der Waals surface area contributed by atoms with Crippen LogP contribution < -0.4 is 10.4 Å². The maximum Gasteiger partial charge on any atom is 0.338 e. The van der Waals surface area contributed by atoms with Crippen molar-refractivity contribution in [3.8, 4) is 5.75 Å². The molecule has 1 aromatic heterocycles. The van der Waals surface area contributed by atoms with Crippen LogP contribution in [0.5, 0.6) is 5.75 Å². The normalized spacial score (nSPS) is 23.8. The van der Waals surface area contributed by atoms with Crippen LogP contribution in [0, 0.1) is 6.92 Å². The van der Waals surface area contributed by atoms with Crippen LogP contribution in [0.4, 0.5) is 0 Å². The lowest BCUT2D eigenvalue weighted by Crippen LogP contribution is -2.65. The van der Waals surface area contributed by atoms with Gasteiger partial charge in [-0.15, -0.1) is 0 Å². The van der Waals surface area contributed by atoms with Crippen molar-refractivity contribution in [3.63, 3.8) is 0 Å². The van der Waals surface area contributed by atoms with E-state index in [0.29, 0.717) is 11.1 Å². The first-order chi connectivity index (χ1) is 22.9. The van der Waals surface area contributed by atoms with E-state index in [-0.39, 0.29) is 17.9 Å². The molecule has 10 nitrogen and oxygen atoms in total. The molecule has 2 aliphatic heterocycles. The van der Waals surface area contributed by atoms with Crippen LogP contribution in [0.2, 0.25) is 0 Å². The summed E-state index contributed by atoms with van der Waals surface area (Å²) in [6, 6.07) is 32.6. The summed E-state index contributed by atoms with van der Waals surface area (Å²) in [6.45, 7) is 1.87. The van der Waals surface area contributed by atoms with Gasteiger partial charge in [0.15, 0.2) is 12.4 Å². The molecule has 6 atom stereocenters. The minimum atomic E-state index is -1.30. The number of carbonyl (C=O) groups is 2. The van der Waals surface area contributed by atoms with Gasteiger partial charge >= 0.3 is 17.6 Å². The highest BCUT2D eigenvalue weighted by atomic mass is 16.8. The topological polar surface area (TPSA) is 120 Å². The highest BCUT2D eigenvalue weighted by Gasteiger charge is 2.55. The Bertz CT molecular complexity index is 1930. The Morgan fingerprint density at radius 3 is 2.00 bits per heavy atom. The third-order valence-electron chi connectivity index (χ3n) is 8.04. The smallest absolute Gasteiger partial charge is 0.338 e. The first kappa shape index (κ1) is 30.4. The molecule has 0 saturated carbocycles. The van der Waals surface area contributed by atoms with E-state index in [0.717, 1.165) is 16.5 Å². The van der Waals surface area contributed by atoms with E-state index >= 15 is 0 Å². The van der Waals surface area contributed by atoms with Gasteiger partial charge in [0.2, 0.25) is 12.4 Å². The lowest BCUT2D eigenvalue weighted by molar-refractivity contribution is -0.348. The van der Waals surface area contributed by atoms with Crippen molar-refractivity contribution in [2.75, 3.05) is 6.61 Å². The zero-order valence-corrected chi connectivity index (χ0v) is 25.2. The number of carbonyl (C=O) groups excluding carboxylic acids is 2.